The number of thiophene rings is 1. The van der Waals surface area contributed by atoms with Gasteiger partial charge in [0.05, 0.1) is 24.6 Å². The van der Waals surface area contributed by atoms with Gasteiger partial charge in [0.25, 0.3) is 5.91 Å². The topological polar surface area (TPSA) is 96.0 Å². The van der Waals surface area contributed by atoms with Gasteiger partial charge in [0, 0.05) is 42.2 Å². The van der Waals surface area contributed by atoms with E-state index in [-0.39, 0.29) is 23.7 Å². The number of aryl methyl sites for hydroxylation is 1. The summed E-state index contributed by atoms with van der Waals surface area (Å²) in [5, 5.41) is 3.08. The zero-order valence-corrected chi connectivity index (χ0v) is 46.7. The van der Waals surface area contributed by atoms with Gasteiger partial charge in [-0.05, 0) is 110 Å². The number of nitrogens with one attached hydrogen (secondary N) is 1. The highest BCUT2D eigenvalue weighted by Crippen LogP contribution is 2.34. The van der Waals surface area contributed by atoms with Crippen molar-refractivity contribution in [1.29, 1.82) is 0 Å². The first-order valence-corrected chi connectivity index (χ1v) is 29.2. The molecule has 1 aromatic rings. The van der Waals surface area contributed by atoms with E-state index < -0.39 is 0 Å². The van der Waals surface area contributed by atoms with Crippen LogP contribution in [-0.4, -0.2) is 73.7 Å². The van der Waals surface area contributed by atoms with Crippen molar-refractivity contribution in [1.82, 2.24) is 15.1 Å². The van der Waals surface area contributed by atoms with E-state index in [4.69, 9.17) is 4.74 Å². The van der Waals surface area contributed by atoms with Gasteiger partial charge in [0.1, 0.15) is 5.78 Å². The third-order valence-electron chi connectivity index (χ3n) is 12.8. The molecule has 9 heteroatoms. The molecule has 0 radical (unpaired) electrons. The summed E-state index contributed by atoms with van der Waals surface area (Å²) in [5.74, 6) is 0.570. The molecule has 68 heavy (non-hydrogen) atoms. The number of ether oxygens (including phenoxy) is 1. The fraction of sp³-hybridized carbons (Fsp3) is 0.797. The fourth-order valence-corrected chi connectivity index (χ4v) is 9.89. The first-order chi connectivity index (χ1) is 33.1. The van der Waals surface area contributed by atoms with Crippen molar-refractivity contribution in [3.05, 3.63) is 45.2 Å². The number of hydrogen-bond donors (Lipinski definition) is 1. The molecule has 1 aliphatic rings. The summed E-state index contributed by atoms with van der Waals surface area (Å²) in [5.41, 5.74) is 1.99. The highest BCUT2D eigenvalue weighted by molar-refractivity contribution is 7.12. The monoisotopic (exact) mass is 970 g/mol. The molecule has 0 aromatic carbocycles. The van der Waals surface area contributed by atoms with E-state index in [1.54, 1.807) is 18.3 Å². The lowest BCUT2D eigenvalue weighted by atomic mass is 9.94. The molecule has 0 aliphatic carbocycles. The maximum atomic E-state index is 13.1. The van der Waals surface area contributed by atoms with Crippen LogP contribution in [0.5, 0.6) is 0 Å². The van der Waals surface area contributed by atoms with E-state index in [0.717, 1.165) is 104 Å². The molecular formula is C59H107N3O5S. The van der Waals surface area contributed by atoms with Crippen molar-refractivity contribution in [3.8, 4) is 0 Å². The summed E-state index contributed by atoms with van der Waals surface area (Å²) in [6.45, 7) is 17.7. The van der Waals surface area contributed by atoms with E-state index in [2.05, 4.69) is 62.2 Å². The van der Waals surface area contributed by atoms with Crippen molar-refractivity contribution in [2.24, 2.45) is 5.92 Å². The maximum absolute atomic E-state index is 13.1. The Morgan fingerprint density at radius 2 is 1.19 bits per heavy atom. The number of ketones is 1. The first kappa shape index (κ1) is 65.2. The molecule has 8 nitrogen and oxygen atoms in total. The Balaban J connectivity index is 0.00000171. The number of unbranched alkanes of at least 4 members (excludes halogenated alkanes) is 20. The number of allylic oxidation sites excluding steroid dienone is 4. The summed E-state index contributed by atoms with van der Waals surface area (Å²) < 4.78 is 5.77. The van der Waals surface area contributed by atoms with E-state index in [0.29, 0.717) is 38.4 Å². The zero-order chi connectivity index (χ0) is 50.5. The first-order valence-electron chi connectivity index (χ1n) is 28.4. The van der Waals surface area contributed by atoms with Gasteiger partial charge < -0.3 is 24.6 Å². The number of carbonyl (C=O) groups excluding carboxylic acids is 4. The van der Waals surface area contributed by atoms with Gasteiger partial charge in [-0.15, -0.1) is 11.3 Å². The molecule has 0 fully saturated rings. The summed E-state index contributed by atoms with van der Waals surface area (Å²) in [4.78, 5) is 56.1. The third kappa shape index (κ3) is 34.5. The van der Waals surface area contributed by atoms with Crippen molar-refractivity contribution < 1.29 is 23.9 Å². The van der Waals surface area contributed by atoms with Crippen LogP contribution in [0.4, 0.5) is 0 Å². The van der Waals surface area contributed by atoms with Crippen LogP contribution in [0, 0.1) is 5.92 Å². The van der Waals surface area contributed by atoms with E-state index >= 15 is 0 Å². The number of Topliss-reactive ketones (excluding diaryl/α,β-unsaturated/α-hetero) is 1. The summed E-state index contributed by atoms with van der Waals surface area (Å²) in [7, 11) is 4.00. The number of hydrogen-bond acceptors (Lipinski definition) is 7. The number of likely N-dealkylation sites (N-methyl/N-ethyl adjacent to an activating group) is 1. The number of rotatable bonds is 40. The standard InChI is InChI=1S/C38H67N3O4S.C19H34O.C2H6/c1-6-9-11-13-15-18-22-31(23-19-16-14-12-10-7-2)38(44)45-29-21-17-20-24-35(42)41-27-25-32-34(30-41)46-33(8-3)36(32)37(43)39-26-28-40(4)5;1-3-4-5-6-7-8-9-10-11-12-13-14-15-16-17-18-19(2)20;1-2/h31H,6-30H2,1-5H3,(H,39,43);7-8,10-11H,3-6,9,12-18H2,1-2H3;1-2H3/b;8-7-,11-10-;. The van der Waals surface area contributed by atoms with Gasteiger partial charge in [-0.1, -0.05) is 175 Å². The van der Waals surface area contributed by atoms with Gasteiger partial charge >= 0.3 is 5.97 Å². The van der Waals surface area contributed by atoms with Crippen LogP contribution < -0.4 is 5.32 Å². The molecule has 0 bridgehead atoms. The number of fused-ring (bicyclic) bond motifs is 1. The normalized spacial score (nSPS) is 12.3. The van der Waals surface area contributed by atoms with Gasteiger partial charge in [0.15, 0.2) is 0 Å². The van der Waals surface area contributed by atoms with E-state index in [1.165, 1.54) is 122 Å². The van der Waals surface area contributed by atoms with E-state index in [9.17, 15) is 19.2 Å². The Hall–Kier alpha value is -2.78. The Bertz CT molecular complexity index is 1440. The van der Waals surface area contributed by atoms with Crippen molar-refractivity contribution >= 4 is 34.9 Å². The lowest BCUT2D eigenvalue weighted by Gasteiger charge is -2.27. The maximum Gasteiger partial charge on any atom is 0.308 e. The highest BCUT2D eigenvalue weighted by Gasteiger charge is 2.29. The predicted octanol–water partition coefficient (Wildman–Crippen LogP) is 16.1. The number of carbonyl (C=O) groups is 4. The average molecular weight is 971 g/mol. The average Bonchev–Trinajstić information content (AvgIpc) is 3.71. The molecule has 2 rings (SSSR count). The summed E-state index contributed by atoms with van der Waals surface area (Å²) >= 11 is 1.70. The van der Waals surface area contributed by atoms with Gasteiger partial charge in [-0.2, -0.15) is 0 Å². The van der Waals surface area contributed by atoms with Crippen molar-refractivity contribution in [2.45, 2.75) is 260 Å². The molecule has 394 valence electrons. The molecular weight excluding hydrogens is 863 g/mol. The quantitative estimate of drug-likeness (QED) is 0.0400. The van der Waals surface area contributed by atoms with Crippen LogP contribution in [0.25, 0.3) is 0 Å². The zero-order valence-electron chi connectivity index (χ0n) is 45.9. The van der Waals surface area contributed by atoms with Crippen LogP contribution in [0.1, 0.15) is 267 Å². The minimum atomic E-state index is -0.00420. The van der Waals surface area contributed by atoms with Crippen LogP contribution in [0.15, 0.2) is 24.3 Å². The van der Waals surface area contributed by atoms with Crippen LogP contribution in [-0.2, 0) is 38.5 Å². The molecule has 2 amide bonds. The minimum absolute atomic E-state index is 0.00420. The molecule has 1 N–H and O–H groups in total. The predicted molar refractivity (Wildman–Crippen MR) is 294 cm³/mol. The number of amides is 2. The second-order valence-corrected chi connectivity index (χ2v) is 20.4. The Morgan fingerprint density at radius 3 is 1.76 bits per heavy atom. The summed E-state index contributed by atoms with van der Waals surface area (Å²) in [6.07, 6.45) is 45.1. The number of nitrogens with zero attached hydrogens (tertiary/aromatic N) is 2. The van der Waals surface area contributed by atoms with Gasteiger partial charge in [-0.3, -0.25) is 14.4 Å². The lowest BCUT2D eigenvalue weighted by Crippen LogP contribution is -2.36. The fourth-order valence-electron chi connectivity index (χ4n) is 8.58. The SMILES string of the molecule is CC.CCCCC/C=C\C/C=C\CCCCCCCC(C)=O.CCCCCCCCC(CCCCCCCC)C(=O)OCCCCCC(=O)N1CCc2c(sc(CC)c2C(=O)NCCN(C)C)C1. The molecule has 2 heterocycles. The number of esters is 1. The molecule has 0 saturated heterocycles. The Labute approximate surface area is 424 Å². The Kier molecular flexibility index (Phi) is 44.7. The van der Waals surface area contributed by atoms with Crippen molar-refractivity contribution in [3.63, 3.8) is 0 Å². The van der Waals surface area contributed by atoms with Gasteiger partial charge in [-0.25, -0.2) is 0 Å². The molecule has 1 aliphatic heterocycles. The summed E-state index contributed by atoms with van der Waals surface area (Å²) in [6, 6.07) is 0. The third-order valence-corrected chi connectivity index (χ3v) is 14.1. The molecule has 0 saturated carbocycles. The largest absolute Gasteiger partial charge is 0.465 e. The molecule has 1 aromatic heterocycles. The molecule has 0 atom stereocenters. The van der Waals surface area contributed by atoms with Crippen LogP contribution in [0.2, 0.25) is 0 Å². The minimum Gasteiger partial charge on any atom is -0.465 e. The highest BCUT2D eigenvalue weighted by atomic mass is 32.1. The lowest BCUT2D eigenvalue weighted by molar-refractivity contribution is -0.149. The smallest absolute Gasteiger partial charge is 0.308 e. The second-order valence-electron chi connectivity index (χ2n) is 19.3. The second kappa shape index (κ2) is 46.6. The molecule has 0 unspecified atom stereocenters. The van der Waals surface area contributed by atoms with Crippen LogP contribution >= 0.6 is 11.3 Å². The molecule has 0 spiro atoms. The van der Waals surface area contributed by atoms with Gasteiger partial charge in [0.2, 0.25) is 5.91 Å². The van der Waals surface area contributed by atoms with Crippen molar-refractivity contribution in [2.75, 3.05) is 40.3 Å². The van der Waals surface area contributed by atoms with E-state index in [1.807, 2.05) is 32.8 Å². The Morgan fingerprint density at radius 1 is 0.676 bits per heavy atom. The van der Waals surface area contributed by atoms with Crippen LogP contribution in [0.3, 0.4) is 0 Å².